The van der Waals surface area contributed by atoms with E-state index >= 15 is 0 Å². The van der Waals surface area contributed by atoms with Crippen LogP contribution in [0.15, 0.2) is 53.1 Å². The normalized spacial score (nSPS) is 10.8. The molecule has 0 unspecified atom stereocenters. The van der Waals surface area contributed by atoms with Gasteiger partial charge in [-0.15, -0.1) is 0 Å². The number of aromatic nitrogens is 2. The van der Waals surface area contributed by atoms with Crippen LogP contribution < -0.4 is 5.32 Å². The molecule has 118 valence electrons. The second-order valence-corrected chi connectivity index (χ2v) is 6.82. The number of hydrogen-bond acceptors (Lipinski definition) is 2. The molecular formula is C17H14BrCl2N3. The number of nitrogens with one attached hydrogen (secondary N) is 1. The first-order valence-corrected chi connectivity index (χ1v) is 8.55. The summed E-state index contributed by atoms with van der Waals surface area (Å²) in [5.74, 6) is 0.763. The molecule has 0 amide bonds. The Morgan fingerprint density at radius 3 is 2.39 bits per heavy atom. The van der Waals surface area contributed by atoms with Gasteiger partial charge in [-0.3, -0.25) is 0 Å². The molecule has 0 aliphatic rings. The van der Waals surface area contributed by atoms with Crippen molar-refractivity contribution in [2.75, 3.05) is 5.32 Å². The molecule has 0 aliphatic heterocycles. The number of nitrogens with zero attached hydrogens (tertiary/aromatic N) is 2. The van der Waals surface area contributed by atoms with Gasteiger partial charge in [0, 0.05) is 33.7 Å². The molecule has 1 N–H and O–H groups in total. The van der Waals surface area contributed by atoms with Crippen molar-refractivity contribution in [3.63, 3.8) is 0 Å². The molecule has 1 aromatic heterocycles. The van der Waals surface area contributed by atoms with Crippen molar-refractivity contribution in [1.29, 1.82) is 0 Å². The average molecular weight is 411 g/mol. The van der Waals surface area contributed by atoms with Crippen LogP contribution >= 0.6 is 39.1 Å². The van der Waals surface area contributed by atoms with Gasteiger partial charge in [0.25, 0.3) is 0 Å². The Bertz CT molecular complexity index is 808. The van der Waals surface area contributed by atoms with Crippen molar-refractivity contribution in [2.45, 2.75) is 6.54 Å². The molecule has 2 aromatic carbocycles. The van der Waals surface area contributed by atoms with Crippen LogP contribution in [0, 0.1) is 0 Å². The average Bonchev–Trinajstić information content (AvgIpc) is 2.89. The van der Waals surface area contributed by atoms with Crippen molar-refractivity contribution >= 4 is 45.1 Å². The fourth-order valence-corrected chi connectivity index (χ4v) is 3.13. The standard InChI is InChI=1S/C17H14BrCl2N3/c1-23-16(11-5-7-12(18)8-6-11)10-22-17(23)21-9-13-14(19)3-2-4-15(13)20/h2-8,10H,9H2,1H3,(H,21,22). The Morgan fingerprint density at radius 1 is 1.09 bits per heavy atom. The minimum absolute atomic E-state index is 0.517. The van der Waals surface area contributed by atoms with Crippen LogP contribution in [0.5, 0.6) is 0 Å². The molecule has 3 aromatic rings. The minimum Gasteiger partial charge on any atom is -0.351 e. The van der Waals surface area contributed by atoms with Gasteiger partial charge in [0.1, 0.15) is 0 Å². The third-order valence-electron chi connectivity index (χ3n) is 3.61. The zero-order chi connectivity index (χ0) is 16.4. The van der Waals surface area contributed by atoms with E-state index in [4.69, 9.17) is 23.2 Å². The first-order valence-electron chi connectivity index (χ1n) is 7.00. The van der Waals surface area contributed by atoms with E-state index in [1.807, 2.05) is 48.1 Å². The highest BCUT2D eigenvalue weighted by atomic mass is 79.9. The fraction of sp³-hybridized carbons (Fsp3) is 0.118. The van der Waals surface area contributed by atoms with Gasteiger partial charge in [0.2, 0.25) is 5.95 Å². The predicted molar refractivity (Wildman–Crippen MR) is 100 cm³/mol. The molecule has 3 nitrogen and oxygen atoms in total. The van der Waals surface area contributed by atoms with Crippen LogP contribution in [0.25, 0.3) is 11.3 Å². The smallest absolute Gasteiger partial charge is 0.203 e. The molecule has 23 heavy (non-hydrogen) atoms. The molecule has 0 saturated carbocycles. The lowest BCUT2D eigenvalue weighted by molar-refractivity contribution is 0.907. The molecule has 0 spiro atoms. The summed E-state index contributed by atoms with van der Waals surface area (Å²) in [5.41, 5.74) is 3.00. The van der Waals surface area contributed by atoms with Gasteiger partial charge < -0.3 is 9.88 Å². The van der Waals surface area contributed by atoms with E-state index in [0.29, 0.717) is 16.6 Å². The van der Waals surface area contributed by atoms with Gasteiger partial charge in [-0.05, 0) is 29.8 Å². The number of imidazole rings is 1. The molecule has 6 heteroatoms. The maximum Gasteiger partial charge on any atom is 0.203 e. The molecule has 0 radical (unpaired) electrons. The molecule has 0 atom stereocenters. The lowest BCUT2D eigenvalue weighted by Crippen LogP contribution is -2.06. The van der Waals surface area contributed by atoms with E-state index in [1.165, 1.54) is 0 Å². The number of rotatable bonds is 4. The third-order valence-corrected chi connectivity index (χ3v) is 4.85. The molecule has 0 aliphatic carbocycles. The van der Waals surface area contributed by atoms with Crippen LogP contribution in [0.4, 0.5) is 5.95 Å². The number of halogens is 3. The Hall–Kier alpha value is -1.49. The van der Waals surface area contributed by atoms with E-state index in [9.17, 15) is 0 Å². The van der Waals surface area contributed by atoms with Crippen LogP contribution in [-0.4, -0.2) is 9.55 Å². The maximum absolute atomic E-state index is 6.20. The van der Waals surface area contributed by atoms with Crippen LogP contribution in [0.1, 0.15) is 5.56 Å². The van der Waals surface area contributed by atoms with Gasteiger partial charge in [0.05, 0.1) is 11.9 Å². The summed E-state index contributed by atoms with van der Waals surface area (Å²) in [6.45, 7) is 0.517. The zero-order valence-electron chi connectivity index (χ0n) is 12.4. The summed E-state index contributed by atoms with van der Waals surface area (Å²) in [6.07, 6.45) is 1.85. The van der Waals surface area contributed by atoms with Crippen molar-refractivity contribution in [3.8, 4) is 11.3 Å². The summed E-state index contributed by atoms with van der Waals surface area (Å²) in [7, 11) is 1.97. The van der Waals surface area contributed by atoms with Crippen molar-refractivity contribution in [3.05, 3.63) is 68.7 Å². The van der Waals surface area contributed by atoms with E-state index in [0.717, 1.165) is 27.2 Å². The Balaban J connectivity index is 1.81. The number of anilines is 1. The summed E-state index contributed by atoms with van der Waals surface area (Å²) in [6, 6.07) is 13.6. The van der Waals surface area contributed by atoms with Crippen LogP contribution in [0.2, 0.25) is 10.0 Å². The molecule has 0 saturated heterocycles. The predicted octanol–water partition coefficient (Wildman–Crippen LogP) is 5.77. The monoisotopic (exact) mass is 409 g/mol. The van der Waals surface area contributed by atoms with Gasteiger partial charge in [-0.25, -0.2) is 4.98 Å². The molecule has 0 bridgehead atoms. The summed E-state index contributed by atoms with van der Waals surface area (Å²) in [4.78, 5) is 4.44. The van der Waals surface area contributed by atoms with Crippen molar-refractivity contribution in [2.24, 2.45) is 7.05 Å². The second kappa shape index (κ2) is 6.95. The van der Waals surface area contributed by atoms with Crippen LogP contribution in [0.3, 0.4) is 0 Å². The highest BCUT2D eigenvalue weighted by Crippen LogP contribution is 2.27. The Morgan fingerprint density at radius 2 is 1.74 bits per heavy atom. The zero-order valence-corrected chi connectivity index (χ0v) is 15.5. The third kappa shape index (κ3) is 3.55. The fourth-order valence-electron chi connectivity index (χ4n) is 2.33. The lowest BCUT2D eigenvalue weighted by atomic mass is 10.2. The molecule has 0 fully saturated rings. The summed E-state index contributed by atoms with van der Waals surface area (Å²) >= 11 is 15.8. The molecular weight excluding hydrogens is 397 g/mol. The SMILES string of the molecule is Cn1c(-c2ccc(Br)cc2)cnc1NCc1c(Cl)cccc1Cl. The van der Waals surface area contributed by atoms with Gasteiger partial charge in [0.15, 0.2) is 0 Å². The van der Waals surface area contributed by atoms with Gasteiger partial charge in [-0.1, -0.05) is 57.3 Å². The van der Waals surface area contributed by atoms with Gasteiger partial charge >= 0.3 is 0 Å². The first kappa shape index (κ1) is 16.4. The van der Waals surface area contributed by atoms with E-state index < -0.39 is 0 Å². The summed E-state index contributed by atoms with van der Waals surface area (Å²) in [5, 5.41) is 4.58. The largest absolute Gasteiger partial charge is 0.351 e. The Labute approximate surface area is 153 Å². The van der Waals surface area contributed by atoms with E-state index in [2.05, 4.69) is 38.4 Å². The van der Waals surface area contributed by atoms with Crippen LogP contribution in [-0.2, 0) is 13.6 Å². The van der Waals surface area contributed by atoms with Gasteiger partial charge in [-0.2, -0.15) is 0 Å². The maximum atomic E-state index is 6.20. The van der Waals surface area contributed by atoms with E-state index in [1.54, 1.807) is 0 Å². The number of benzene rings is 2. The quantitative estimate of drug-likeness (QED) is 0.591. The highest BCUT2D eigenvalue weighted by molar-refractivity contribution is 9.10. The molecule has 3 rings (SSSR count). The van der Waals surface area contributed by atoms with E-state index in [-0.39, 0.29) is 0 Å². The Kier molecular flexibility index (Phi) is 4.95. The number of hydrogen-bond donors (Lipinski definition) is 1. The minimum atomic E-state index is 0.517. The highest BCUT2D eigenvalue weighted by Gasteiger charge is 2.10. The van der Waals surface area contributed by atoms with Crippen molar-refractivity contribution in [1.82, 2.24) is 9.55 Å². The lowest BCUT2D eigenvalue weighted by Gasteiger charge is -2.10. The van der Waals surface area contributed by atoms with Crippen molar-refractivity contribution < 1.29 is 0 Å². The summed E-state index contributed by atoms with van der Waals surface area (Å²) < 4.78 is 3.06. The topological polar surface area (TPSA) is 29.9 Å². The first-order chi connectivity index (χ1) is 11.1. The molecule has 1 heterocycles. The second-order valence-electron chi connectivity index (χ2n) is 5.09.